The maximum absolute atomic E-state index is 12.2. The van der Waals surface area contributed by atoms with Crippen LogP contribution in [0.4, 0.5) is 5.69 Å². The van der Waals surface area contributed by atoms with Gasteiger partial charge in [-0.2, -0.15) is 4.98 Å². The maximum Gasteiger partial charge on any atom is 0.227 e. The van der Waals surface area contributed by atoms with E-state index in [9.17, 15) is 4.79 Å². The van der Waals surface area contributed by atoms with Crippen LogP contribution in [0, 0.1) is 0 Å². The van der Waals surface area contributed by atoms with E-state index in [1.165, 1.54) is 0 Å². The molecular formula is C23H17Cl2N3O2. The van der Waals surface area contributed by atoms with Crippen molar-refractivity contribution in [2.45, 2.75) is 12.8 Å². The summed E-state index contributed by atoms with van der Waals surface area (Å²) in [7, 11) is 0. The molecule has 0 aliphatic rings. The predicted octanol–water partition coefficient (Wildman–Crippen LogP) is 6.28. The van der Waals surface area contributed by atoms with Crippen molar-refractivity contribution in [2.24, 2.45) is 0 Å². The van der Waals surface area contributed by atoms with Crippen LogP contribution in [-0.2, 0) is 11.2 Å². The summed E-state index contributed by atoms with van der Waals surface area (Å²) in [5.41, 5.74) is 3.57. The Morgan fingerprint density at radius 2 is 1.60 bits per heavy atom. The number of aryl methyl sites for hydroxylation is 1. The monoisotopic (exact) mass is 437 g/mol. The van der Waals surface area contributed by atoms with Crippen LogP contribution >= 0.6 is 23.2 Å². The smallest absolute Gasteiger partial charge is 0.227 e. The van der Waals surface area contributed by atoms with E-state index >= 15 is 0 Å². The SMILES string of the molecule is O=C(CCc1nc(-c2ccc(-c3ccccc3)cc2)no1)Nc1cc(Cl)ccc1Cl. The largest absolute Gasteiger partial charge is 0.339 e. The fraction of sp³-hybridized carbons (Fsp3) is 0.0870. The molecule has 1 heterocycles. The zero-order valence-corrected chi connectivity index (χ0v) is 17.3. The van der Waals surface area contributed by atoms with Crippen LogP contribution in [-0.4, -0.2) is 16.0 Å². The van der Waals surface area contributed by atoms with Crippen molar-refractivity contribution < 1.29 is 9.32 Å². The first-order valence-corrected chi connectivity index (χ1v) is 10.1. The number of aromatic nitrogens is 2. The standard InChI is InChI=1S/C23H17Cl2N3O2/c24-18-10-11-19(25)20(14-18)26-21(29)12-13-22-27-23(28-30-22)17-8-6-16(7-9-17)15-4-2-1-3-5-15/h1-11,14H,12-13H2,(H,26,29). The number of carbonyl (C=O) groups excluding carboxylic acids is 1. The molecule has 0 bridgehead atoms. The number of hydrogen-bond donors (Lipinski definition) is 1. The number of benzene rings is 3. The second-order valence-corrected chi connectivity index (χ2v) is 7.47. The van der Waals surface area contributed by atoms with Gasteiger partial charge < -0.3 is 9.84 Å². The van der Waals surface area contributed by atoms with Crippen molar-refractivity contribution in [3.63, 3.8) is 0 Å². The molecule has 0 unspecified atom stereocenters. The molecule has 0 aliphatic heterocycles. The van der Waals surface area contributed by atoms with Crippen molar-refractivity contribution in [3.8, 4) is 22.5 Å². The summed E-state index contributed by atoms with van der Waals surface area (Å²) in [5.74, 6) is 0.665. The summed E-state index contributed by atoms with van der Waals surface area (Å²) < 4.78 is 5.29. The van der Waals surface area contributed by atoms with Crippen molar-refractivity contribution in [3.05, 3.63) is 88.7 Å². The molecule has 150 valence electrons. The van der Waals surface area contributed by atoms with Crippen molar-refractivity contribution in [1.29, 1.82) is 0 Å². The number of nitrogens with one attached hydrogen (secondary N) is 1. The summed E-state index contributed by atoms with van der Waals surface area (Å²) in [5, 5.41) is 7.67. The van der Waals surface area contributed by atoms with Gasteiger partial charge in [-0.1, -0.05) is 83.0 Å². The van der Waals surface area contributed by atoms with Crippen molar-refractivity contribution in [2.75, 3.05) is 5.32 Å². The molecule has 5 nitrogen and oxygen atoms in total. The molecule has 30 heavy (non-hydrogen) atoms. The fourth-order valence-electron chi connectivity index (χ4n) is 2.94. The van der Waals surface area contributed by atoms with E-state index in [0.29, 0.717) is 33.9 Å². The van der Waals surface area contributed by atoms with Gasteiger partial charge in [-0.3, -0.25) is 4.79 Å². The van der Waals surface area contributed by atoms with Gasteiger partial charge >= 0.3 is 0 Å². The Balaban J connectivity index is 1.37. The third kappa shape index (κ3) is 4.87. The van der Waals surface area contributed by atoms with Crippen LogP contribution in [0.3, 0.4) is 0 Å². The highest BCUT2D eigenvalue weighted by atomic mass is 35.5. The van der Waals surface area contributed by atoms with Crippen molar-refractivity contribution in [1.82, 2.24) is 10.1 Å². The molecule has 7 heteroatoms. The number of amides is 1. The minimum absolute atomic E-state index is 0.178. The Morgan fingerprint density at radius 1 is 0.900 bits per heavy atom. The van der Waals surface area contributed by atoms with E-state index in [0.717, 1.165) is 16.7 Å². The Kier molecular flexibility index (Phi) is 6.12. The third-order valence-electron chi connectivity index (χ3n) is 4.49. The highest BCUT2D eigenvalue weighted by Gasteiger charge is 2.12. The Labute approximate surface area is 183 Å². The number of carbonyl (C=O) groups is 1. The fourth-order valence-corrected chi connectivity index (χ4v) is 3.28. The van der Waals surface area contributed by atoms with Crippen LogP contribution in [0.5, 0.6) is 0 Å². The Bertz CT molecular complexity index is 1160. The number of anilines is 1. The Hall–Kier alpha value is -3.15. The van der Waals surface area contributed by atoms with Crippen LogP contribution in [0.25, 0.3) is 22.5 Å². The highest BCUT2D eigenvalue weighted by molar-refractivity contribution is 6.35. The summed E-state index contributed by atoms with van der Waals surface area (Å²) in [6, 6.07) is 22.9. The minimum Gasteiger partial charge on any atom is -0.339 e. The van der Waals surface area contributed by atoms with E-state index in [1.807, 2.05) is 42.5 Å². The first-order valence-electron chi connectivity index (χ1n) is 9.32. The summed E-state index contributed by atoms with van der Waals surface area (Å²) in [6.45, 7) is 0. The molecule has 4 aromatic rings. The molecule has 1 aromatic heterocycles. The highest BCUT2D eigenvalue weighted by Crippen LogP contribution is 2.26. The summed E-state index contributed by atoms with van der Waals surface area (Å²) in [4.78, 5) is 16.6. The minimum atomic E-state index is -0.217. The number of halogens is 2. The second-order valence-electron chi connectivity index (χ2n) is 6.63. The van der Waals surface area contributed by atoms with E-state index in [1.54, 1.807) is 18.2 Å². The van der Waals surface area contributed by atoms with E-state index in [-0.39, 0.29) is 12.3 Å². The molecule has 0 saturated carbocycles. The third-order valence-corrected chi connectivity index (χ3v) is 5.05. The summed E-state index contributed by atoms with van der Waals surface area (Å²) in [6.07, 6.45) is 0.497. The molecule has 0 fully saturated rings. The van der Waals surface area contributed by atoms with Gasteiger partial charge in [0, 0.05) is 23.4 Å². The number of rotatable bonds is 6. The van der Waals surface area contributed by atoms with Gasteiger partial charge in [0.15, 0.2) is 0 Å². The van der Waals surface area contributed by atoms with E-state index < -0.39 is 0 Å². The van der Waals surface area contributed by atoms with Gasteiger partial charge in [0.2, 0.25) is 17.6 Å². The molecule has 4 rings (SSSR count). The normalized spacial score (nSPS) is 10.7. The molecule has 3 aromatic carbocycles. The average Bonchev–Trinajstić information content (AvgIpc) is 3.25. The molecule has 0 spiro atoms. The molecule has 1 amide bonds. The Morgan fingerprint density at radius 3 is 2.37 bits per heavy atom. The van der Waals surface area contributed by atoms with Crippen LogP contribution in [0.15, 0.2) is 77.3 Å². The van der Waals surface area contributed by atoms with Gasteiger partial charge in [-0.15, -0.1) is 0 Å². The number of nitrogens with zero attached hydrogens (tertiary/aromatic N) is 2. The molecule has 0 saturated heterocycles. The molecular weight excluding hydrogens is 421 g/mol. The maximum atomic E-state index is 12.2. The van der Waals surface area contributed by atoms with E-state index in [4.69, 9.17) is 27.7 Å². The van der Waals surface area contributed by atoms with Crippen LogP contribution < -0.4 is 5.32 Å². The first-order chi connectivity index (χ1) is 14.6. The second kappa shape index (κ2) is 9.11. The van der Waals surface area contributed by atoms with Crippen LogP contribution in [0.1, 0.15) is 12.3 Å². The predicted molar refractivity (Wildman–Crippen MR) is 119 cm³/mol. The molecule has 0 atom stereocenters. The molecule has 0 aliphatic carbocycles. The number of hydrogen-bond acceptors (Lipinski definition) is 4. The van der Waals surface area contributed by atoms with Gasteiger partial charge in [0.25, 0.3) is 0 Å². The molecule has 1 N–H and O–H groups in total. The summed E-state index contributed by atoms with van der Waals surface area (Å²) >= 11 is 12.0. The quantitative estimate of drug-likeness (QED) is 0.385. The lowest BCUT2D eigenvalue weighted by atomic mass is 10.0. The van der Waals surface area contributed by atoms with Gasteiger partial charge in [-0.05, 0) is 29.3 Å². The van der Waals surface area contributed by atoms with Gasteiger partial charge in [0.05, 0.1) is 10.7 Å². The van der Waals surface area contributed by atoms with Crippen molar-refractivity contribution >= 4 is 34.8 Å². The lowest BCUT2D eigenvalue weighted by Crippen LogP contribution is -2.12. The van der Waals surface area contributed by atoms with Crippen LogP contribution in [0.2, 0.25) is 10.0 Å². The first kappa shape index (κ1) is 20.1. The van der Waals surface area contributed by atoms with E-state index in [2.05, 4.69) is 27.6 Å². The topological polar surface area (TPSA) is 68.0 Å². The lowest BCUT2D eigenvalue weighted by molar-refractivity contribution is -0.116. The van der Waals surface area contributed by atoms with Gasteiger partial charge in [-0.25, -0.2) is 0 Å². The molecule has 0 radical (unpaired) electrons. The van der Waals surface area contributed by atoms with Gasteiger partial charge in [0.1, 0.15) is 0 Å². The zero-order valence-electron chi connectivity index (χ0n) is 15.8. The average molecular weight is 438 g/mol. The zero-order chi connectivity index (χ0) is 20.9. The lowest BCUT2D eigenvalue weighted by Gasteiger charge is -2.06.